The predicted octanol–water partition coefficient (Wildman–Crippen LogP) is 5.46. The Morgan fingerprint density at radius 1 is 0.909 bits per heavy atom. The summed E-state index contributed by atoms with van der Waals surface area (Å²) in [4.78, 5) is 31.5. The maximum absolute atomic E-state index is 13.6. The lowest BCUT2D eigenvalue weighted by Crippen LogP contribution is -2.32. The van der Waals surface area contributed by atoms with E-state index in [1.807, 2.05) is 91.9 Å². The van der Waals surface area contributed by atoms with Gasteiger partial charge in [-0.05, 0) is 24.6 Å². The van der Waals surface area contributed by atoms with Crippen LogP contribution in [0.15, 0.2) is 89.7 Å². The molecular formula is C26H20N4O2S. The summed E-state index contributed by atoms with van der Waals surface area (Å²) >= 11 is 1.37. The monoisotopic (exact) mass is 452 g/mol. The predicted molar refractivity (Wildman–Crippen MR) is 133 cm³/mol. The molecule has 0 saturated heterocycles. The first-order chi connectivity index (χ1) is 16.2. The zero-order valence-electron chi connectivity index (χ0n) is 17.9. The third-order valence-electron chi connectivity index (χ3n) is 5.31. The van der Waals surface area contributed by atoms with E-state index in [1.54, 1.807) is 0 Å². The summed E-state index contributed by atoms with van der Waals surface area (Å²) in [6, 6.07) is 26.7. The molecule has 3 aromatic carbocycles. The number of aryl methyl sites for hydroxylation is 1. The van der Waals surface area contributed by atoms with Crippen LogP contribution < -0.4 is 10.9 Å². The lowest BCUT2D eigenvalue weighted by atomic mass is 9.95. The summed E-state index contributed by atoms with van der Waals surface area (Å²) in [7, 11) is 0. The van der Waals surface area contributed by atoms with Crippen LogP contribution in [-0.4, -0.2) is 20.7 Å². The molecule has 7 heteroatoms. The van der Waals surface area contributed by atoms with Crippen molar-refractivity contribution >= 4 is 32.6 Å². The first-order valence-electron chi connectivity index (χ1n) is 10.6. The fourth-order valence-corrected chi connectivity index (χ4v) is 4.63. The number of nitrogens with one attached hydrogen (secondary N) is 1. The summed E-state index contributed by atoms with van der Waals surface area (Å²) in [5.41, 5.74) is 3.08. The van der Waals surface area contributed by atoms with E-state index in [9.17, 15) is 9.59 Å². The Bertz CT molecular complexity index is 1480. The molecule has 0 saturated carbocycles. The van der Waals surface area contributed by atoms with Gasteiger partial charge in [-0.1, -0.05) is 84.1 Å². The Kier molecular flexibility index (Phi) is 5.54. The first-order valence-corrected chi connectivity index (χ1v) is 11.4. The smallest absolute Gasteiger partial charge is 0.280 e. The van der Waals surface area contributed by atoms with Crippen molar-refractivity contribution < 1.29 is 4.79 Å². The lowest BCUT2D eigenvalue weighted by molar-refractivity contribution is 0.102. The number of carbonyl (C=O) groups is 1. The van der Waals surface area contributed by atoms with E-state index in [2.05, 4.69) is 15.4 Å². The minimum absolute atomic E-state index is 0.0520. The third-order valence-corrected chi connectivity index (χ3v) is 6.26. The van der Waals surface area contributed by atoms with Gasteiger partial charge in [0.2, 0.25) is 0 Å². The minimum Gasteiger partial charge on any atom is -0.298 e. The highest BCUT2D eigenvalue weighted by atomic mass is 32.1. The van der Waals surface area contributed by atoms with Crippen LogP contribution in [0.3, 0.4) is 0 Å². The normalized spacial score (nSPS) is 10.9. The molecule has 6 nitrogen and oxygen atoms in total. The van der Waals surface area contributed by atoms with E-state index in [1.165, 1.54) is 16.0 Å². The second kappa shape index (κ2) is 8.80. The average molecular weight is 453 g/mol. The van der Waals surface area contributed by atoms with Gasteiger partial charge >= 0.3 is 0 Å². The van der Waals surface area contributed by atoms with E-state index in [-0.39, 0.29) is 5.56 Å². The summed E-state index contributed by atoms with van der Waals surface area (Å²) in [5, 5.41) is 7.93. The van der Waals surface area contributed by atoms with Crippen LogP contribution in [0, 0.1) is 0 Å². The lowest BCUT2D eigenvalue weighted by Gasteiger charge is -2.16. The topological polar surface area (TPSA) is 76.9 Å². The summed E-state index contributed by atoms with van der Waals surface area (Å²) < 4.78 is 2.30. The Balaban J connectivity index is 1.72. The molecule has 0 radical (unpaired) electrons. The standard InChI is InChI=1S/C26H20N4O2S/c1-2-30-25(32)22(24(31)28-26-27-19-15-9-10-16-20(19)33-26)21(17-11-5-3-6-12-17)23(29-30)18-13-7-4-8-14-18/h3-16H,2H2,1H3,(H,27,28,31). The second-order valence-corrected chi connectivity index (χ2v) is 8.42. The summed E-state index contributed by atoms with van der Waals surface area (Å²) in [5.74, 6) is -0.500. The van der Waals surface area contributed by atoms with Gasteiger partial charge in [0.25, 0.3) is 11.5 Å². The van der Waals surface area contributed by atoms with E-state index >= 15 is 0 Å². The molecule has 2 aromatic heterocycles. The number of rotatable bonds is 5. The number of hydrogen-bond acceptors (Lipinski definition) is 5. The van der Waals surface area contributed by atoms with Crippen molar-refractivity contribution in [2.24, 2.45) is 0 Å². The highest BCUT2D eigenvalue weighted by Crippen LogP contribution is 2.33. The van der Waals surface area contributed by atoms with Crippen molar-refractivity contribution in [3.8, 4) is 22.4 Å². The van der Waals surface area contributed by atoms with E-state index < -0.39 is 11.5 Å². The number of amides is 1. The largest absolute Gasteiger partial charge is 0.298 e. The summed E-state index contributed by atoms with van der Waals surface area (Å²) in [6.07, 6.45) is 0. The number of benzene rings is 3. The van der Waals surface area contributed by atoms with Gasteiger partial charge in [-0.2, -0.15) is 5.10 Å². The van der Waals surface area contributed by atoms with Crippen molar-refractivity contribution in [3.63, 3.8) is 0 Å². The fourth-order valence-electron chi connectivity index (χ4n) is 3.76. The number of aromatic nitrogens is 3. The van der Waals surface area contributed by atoms with Crippen LogP contribution in [0.1, 0.15) is 17.3 Å². The van der Waals surface area contributed by atoms with Gasteiger partial charge in [-0.3, -0.25) is 14.9 Å². The molecule has 0 unspecified atom stereocenters. The van der Waals surface area contributed by atoms with Crippen molar-refractivity contribution in [1.29, 1.82) is 0 Å². The zero-order valence-corrected chi connectivity index (χ0v) is 18.7. The van der Waals surface area contributed by atoms with Crippen molar-refractivity contribution in [2.45, 2.75) is 13.5 Å². The number of para-hydroxylation sites is 1. The first kappa shape index (κ1) is 20.8. The Morgan fingerprint density at radius 2 is 1.55 bits per heavy atom. The molecule has 5 rings (SSSR count). The molecule has 5 aromatic rings. The van der Waals surface area contributed by atoms with Crippen molar-refractivity contribution in [3.05, 3.63) is 101 Å². The summed E-state index contributed by atoms with van der Waals surface area (Å²) in [6.45, 7) is 2.18. The van der Waals surface area contributed by atoms with Crippen LogP contribution in [0.4, 0.5) is 5.13 Å². The fraction of sp³-hybridized carbons (Fsp3) is 0.0769. The van der Waals surface area contributed by atoms with E-state index in [0.29, 0.717) is 22.9 Å². The number of nitrogens with zero attached hydrogens (tertiary/aromatic N) is 3. The van der Waals surface area contributed by atoms with Gasteiger partial charge < -0.3 is 0 Å². The van der Waals surface area contributed by atoms with E-state index in [0.717, 1.165) is 21.3 Å². The Hall–Kier alpha value is -4.10. The quantitative estimate of drug-likeness (QED) is 0.384. The molecule has 0 fully saturated rings. The average Bonchev–Trinajstić information content (AvgIpc) is 3.27. The molecule has 0 spiro atoms. The van der Waals surface area contributed by atoms with Crippen LogP contribution >= 0.6 is 11.3 Å². The van der Waals surface area contributed by atoms with E-state index in [4.69, 9.17) is 0 Å². The van der Waals surface area contributed by atoms with Crippen molar-refractivity contribution in [1.82, 2.24) is 14.8 Å². The molecule has 0 bridgehead atoms. The number of carbonyl (C=O) groups excluding carboxylic acids is 1. The molecule has 162 valence electrons. The van der Waals surface area contributed by atoms with Gasteiger partial charge in [-0.15, -0.1) is 0 Å². The number of thiazole rings is 1. The molecule has 1 N–H and O–H groups in total. The highest BCUT2D eigenvalue weighted by molar-refractivity contribution is 7.22. The maximum Gasteiger partial charge on any atom is 0.280 e. The molecular weight excluding hydrogens is 432 g/mol. The molecule has 2 heterocycles. The SMILES string of the molecule is CCn1nc(-c2ccccc2)c(-c2ccccc2)c(C(=O)Nc2nc3ccccc3s2)c1=O. The van der Waals surface area contributed by atoms with Crippen LogP contribution in [0.5, 0.6) is 0 Å². The van der Waals surface area contributed by atoms with Gasteiger partial charge in [0, 0.05) is 17.7 Å². The van der Waals surface area contributed by atoms with Crippen LogP contribution in [0.2, 0.25) is 0 Å². The third kappa shape index (κ3) is 3.94. The van der Waals surface area contributed by atoms with Gasteiger partial charge in [-0.25, -0.2) is 9.67 Å². The van der Waals surface area contributed by atoms with Gasteiger partial charge in [0.15, 0.2) is 5.13 Å². The van der Waals surface area contributed by atoms with Crippen LogP contribution in [0.25, 0.3) is 32.6 Å². The molecule has 0 aliphatic carbocycles. The Morgan fingerprint density at radius 3 is 2.21 bits per heavy atom. The number of hydrogen-bond donors (Lipinski definition) is 1. The molecule has 0 atom stereocenters. The minimum atomic E-state index is -0.500. The zero-order chi connectivity index (χ0) is 22.8. The maximum atomic E-state index is 13.6. The molecule has 1 amide bonds. The Labute approximate surface area is 194 Å². The highest BCUT2D eigenvalue weighted by Gasteiger charge is 2.25. The van der Waals surface area contributed by atoms with Gasteiger partial charge in [0.05, 0.1) is 15.9 Å². The molecule has 0 aliphatic rings. The number of anilines is 1. The number of fused-ring (bicyclic) bond motifs is 1. The molecule has 0 aliphatic heterocycles. The van der Waals surface area contributed by atoms with Crippen LogP contribution in [-0.2, 0) is 6.54 Å². The van der Waals surface area contributed by atoms with Crippen molar-refractivity contribution in [2.75, 3.05) is 5.32 Å². The second-order valence-electron chi connectivity index (χ2n) is 7.39. The van der Waals surface area contributed by atoms with Gasteiger partial charge in [0.1, 0.15) is 5.56 Å². The molecule has 33 heavy (non-hydrogen) atoms.